The maximum absolute atomic E-state index is 12.8. The molecule has 8 nitrogen and oxygen atoms in total. The molecule has 9 heteroatoms. The molecule has 0 spiro atoms. The van der Waals surface area contributed by atoms with Crippen LogP contribution in [0.1, 0.15) is 23.2 Å². The molecule has 0 saturated carbocycles. The van der Waals surface area contributed by atoms with E-state index in [2.05, 4.69) is 10.3 Å². The van der Waals surface area contributed by atoms with Crippen LogP contribution in [0.15, 0.2) is 58.2 Å². The molecule has 0 bridgehead atoms. The Labute approximate surface area is 166 Å². The maximum atomic E-state index is 12.8. The highest BCUT2D eigenvalue weighted by Gasteiger charge is 2.28. The lowest BCUT2D eigenvalue weighted by Gasteiger charge is -2.17. The second-order valence-corrected chi connectivity index (χ2v) is 8.78. The van der Waals surface area contributed by atoms with Crippen LogP contribution in [0.4, 0.5) is 5.69 Å². The molecule has 1 fully saturated rings. The largest absolute Gasteiger partial charge is 0.506 e. The summed E-state index contributed by atoms with van der Waals surface area (Å²) < 4.78 is 26.9. The Kier molecular flexibility index (Phi) is 4.85. The van der Waals surface area contributed by atoms with Gasteiger partial charge in [0.15, 0.2) is 0 Å². The van der Waals surface area contributed by atoms with Crippen molar-refractivity contribution in [3.8, 4) is 5.75 Å². The van der Waals surface area contributed by atoms with Crippen molar-refractivity contribution in [1.82, 2.24) is 9.29 Å². The normalized spacial score (nSPS) is 14.9. The van der Waals surface area contributed by atoms with Crippen LogP contribution in [-0.2, 0) is 10.0 Å². The number of sulfonamides is 1. The van der Waals surface area contributed by atoms with Crippen molar-refractivity contribution in [2.45, 2.75) is 17.7 Å². The lowest BCUT2D eigenvalue weighted by atomic mass is 10.1. The average molecular weight is 413 g/mol. The third kappa shape index (κ3) is 3.62. The minimum Gasteiger partial charge on any atom is -0.506 e. The summed E-state index contributed by atoms with van der Waals surface area (Å²) in [7, 11) is -3.70. The highest BCUT2D eigenvalue weighted by molar-refractivity contribution is 7.89. The first-order chi connectivity index (χ1) is 13.9. The molecule has 1 aliphatic rings. The number of aromatic amines is 1. The Morgan fingerprint density at radius 2 is 1.79 bits per heavy atom. The molecule has 150 valence electrons. The zero-order valence-corrected chi connectivity index (χ0v) is 16.2. The number of carbonyl (C=O) groups excluding carboxylic acids is 1. The van der Waals surface area contributed by atoms with E-state index in [1.165, 1.54) is 28.6 Å². The van der Waals surface area contributed by atoms with Gasteiger partial charge in [0.1, 0.15) is 5.75 Å². The number of phenolic OH excluding ortho intramolecular Hbond substituents is 1. The molecule has 1 aromatic heterocycles. The fourth-order valence-electron chi connectivity index (χ4n) is 3.44. The van der Waals surface area contributed by atoms with Crippen LogP contribution in [-0.4, -0.2) is 41.8 Å². The number of fused-ring (bicyclic) bond motifs is 1. The van der Waals surface area contributed by atoms with Gasteiger partial charge in [-0.05, 0) is 37.1 Å². The fraction of sp³-hybridized carbons (Fsp3) is 0.200. The number of para-hydroxylation sites is 1. The molecule has 0 unspecified atom stereocenters. The van der Waals surface area contributed by atoms with Crippen LogP contribution in [0.25, 0.3) is 10.9 Å². The van der Waals surface area contributed by atoms with Gasteiger partial charge in [0.25, 0.3) is 5.91 Å². The number of phenols is 1. The van der Waals surface area contributed by atoms with E-state index in [0.717, 1.165) is 12.8 Å². The van der Waals surface area contributed by atoms with Gasteiger partial charge in [-0.25, -0.2) is 8.42 Å². The monoisotopic (exact) mass is 413 g/mol. The molecular weight excluding hydrogens is 394 g/mol. The minimum atomic E-state index is -3.70. The number of aromatic hydroxyl groups is 1. The van der Waals surface area contributed by atoms with Crippen molar-refractivity contribution >= 4 is 32.5 Å². The Morgan fingerprint density at radius 3 is 2.55 bits per heavy atom. The van der Waals surface area contributed by atoms with E-state index < -0.39 is 21.5 Å². The number of pyridine rings is 1. The van der Waals surface area contributed by atoms with Gasteiger partial charge in [0.2, 0.25) is 15.6 Å². The van der Waals surface area contributed by atoms with Crippen LogP contribution in [0.2, 0.25) is 0 Å². The standard InChI is InChI=1S/C20H19N3O5S/c24-18-8-7-13(29(27,28)23-9-3-4-10-23)11-17(18)22-20(26)15-12-19(25)21-16-6-2-1-5-14(15)16/h1-2,5-8,11-12,24H,3-4,9-10H2,(H,21,25)(H,22,26). The van der Waals surface area contributed by atoms with E-state index in [9.17, 15) is 23.1 Å². The topological polar surface area (TPSA) is 120 Å². The van der Waals surface area contributed by atoms with Crippen LogP contribution in [0, 0.1) is 0 Å². The summed E-state index contributed by atoms with van der Waals surface area (Å²) in [4.78, 5) is 27.3. The molecular formula is C20H19N3O5S. The molecule has 0 aliphatic carbocycles. The summed E-state index contributed by atoms with van der Waals surface area (Å²) in [5, 5.41) is 13.2. The van der Waals surface area contributed by atoms with Crippen molar-refractivity contribution in [3.05, 3.63) is 64.4 Å². The highest BCUT2D eigenvalue weighted by atomic mass is 32.2. The fourth-order valence-corrected chi connectivity index (χ4v) is 4.98. The first kappa shape index (κ1) is 19.2. The summed E-state index contributed by atoms with van der Waals surface area (Å²) >= 11 is 0. The number of rotatable bonds is 4. The number of nitrogens with zero attached hydrogens (tertiary/aromatic N) is 1. The first-order valence-corrected chi connectivity index (χ1v) is 10.6. The summed E-state index contributed by atoms with van der Waals surface area (Å²) in [6, 6.07) is 11.8. The van der Waals surface area contributed by atoms with Crippen LogP contribution >= 0.6 is 0 Å². The quantitative estimate of drug-likeness (QED) is 0.567. The smallest absolute Gasteiger partial charge is 0.256 e. The lowest BCUT2D eigenvalue weighted by Crippen LogP contribution is -2.28. The SMILES string of the molecule is O=C(Nc1cc(S(=O)(=O)N2CCCC2)ccc1O)c1cc(=O)[nH]c2ccccc12. The molecule has 0 atom stereocenters. The number of hydrogen-bond acceptors (Lipinski definition) is 5. The number of nitrogens with one attached hydrogen (secondary N) is 2. The van der Waals surface area contributed by atoms with Crippen LogP contribution < -0.4 is 10.9 Å². The van der Waals surface area contributed by atoms with Gasteiger partial charge in [-0.2, -0.15) is 4.31 Å². The van der Waals surface area contributed by atoms with E-state index in [0.29, 0.717) is 24.0 Å². The minimum absolute atomic E-state index is 0.0109. The van der Waals surface area contributed by atoms with Gasteiger partial charge in [0, 0.05) is 30.1 Å². The van der Waals surface area contributed by atoms with Gasteiger partial charge >= 0.3 is 0 Å². The van der Waals surface area contributed by atoms with Gasteiger partial charge < -0.3 is 15.4 Å². The van der Waals surface area contributed by atoms with E-state index in [1.807, 2.05) is 0 Å². The lowest BCUT2D eigenvalue weighted by molar-refractivity contribution is 0.102. The van der Waals surface area contributed by atoms with Gasteiger partial charge in [-0.1, -0.05) is 18.2 Å². The van der Waals surface area contributed by atoms with Gasteiger partial charge in [-0.15, -0.1) is 0 Å². The van der Waals surface area contributed by atoms with E-state index >= 15 is 0 Å². The Hall–Kier alpha value is -3.17. The molecule has 1 amide bonds. The third-order valence-corrected chi connectivity index (χ3v) is 6.81. The second kappa shape index (κ2) is 7.34. The predicted molar refractivity (Wildman–Crippen MR) is 109 cm³/mol. The van der Waals surface area contributed by atoms with Crippen molar-refractivity contribution in [2.75, 3.05) is 18.4 Å². The molecule has 1 aliphatic heterocycles. The van der Waals surface area contributed by atoms with Crippen molar-refractivity contribution < 1.29 is 18.3 Å². The number of aromatic nitrogens is 1. The number of anilines is 1. The summed E-state index contributed by atoms with van der Waals surface area (Å²) in [5.41, 5.74) is 0.138. The number of benzene rings is 2. The molecule has 1 saturated heterocycles. The van der Waals surface area contributed by atoms with E-state index in [1.54, 1.807) is 24.3 Å². The predicted octanol–water partition coefficient (Wildman–Crippen LogP) is 2.27. The van der Waals surface area contributed by atoms with E-state index in [4.69, 9.17) is 0 Å². The summed E-state index contributed by atoms with van der Waals surface area (Å²) in [5.74, 6) is -0.897. The number of amides is 1. The maximum Gasteiger partial charge on any atom is 0.256 e. The van der Waals surface area contributed by atoms with Crippen LogP contribution in [0.3, 0.4) is 0 Å². The Bertz CT molecular complexity index is 1260. The number of hydrogen-bond donors (Lipinski definition) is 3. The van der Waals surface area contributed by atoms with Crippen molar-refractivity contribution in [3.63, 3.8) is 0 Å². The van der Waals surface area contributed by atoms with Crippen molar-refractivity contribution in [1.29, 1.82) is 0 Å². The zero-order valence-electron chi connectivity index (χ0n) is 15.4. The molecule has 3 N–H and O–H groups in total. The molecule has 0 radical (unpaired) electrons. The van der Waals surface area contributed by atoms with E-state index in [-0.39, 0.29) is 21.9 Å². The highest BCUT2D eigenvalue weighted by Crippen LogP contribution is 2.30. The molecule has 2 aromatic carbocycles. The zero-order chi connectivity index (χ0) is 20.6. The Balaban J connectivity index is 1.70. The number of carbonyl (C=O) groups is 1. The third-order valence-electron chi connectivity index (χ3n) is 4.91. The molecule has 3 aromatic rings. The van der Waals surface area contributed by atoms with Crippen LogP contribution in [0.5, 0.6) is 5.75 Å². The molecule has 29 heavy (non-hydrogen) atoms. The Morgan fingerprint density at radius 1 is 1.07 bits per heavy atom. The number of H-pyrrole nitrogens is 1. The molecule has 4 rings (SSSR count). The summed E-state index contributed by atoms with van der Waals surface area (Å²) in [6.45, 7) is 0.896. The second-order valence-electron chi connectivity index (χ2n) is 6.84. The summed E-state index contributed by atoms with van der Waals surface area (Å²) in [6.07, 6.45) is 1.60. The average Bonchev–Trinajstić information content (AvgIpc) is 3.24. The van der Waals surface area contributed by atoms with Crippen molar-refractivity contribution in [2.24, 2.45) is 0 Å². The first-order valence-electron chi connectivity index (χ1n) is 9.13. The molecule has 2 heterocycles. The van der Waals surface area contributed by atoms with Gasteiger partial charge in [0.05, 0.1) is 16.1 Å². The van der Waals surface area contributed by atoms with Gasteiger partial charge in [-0.3, -0.25) is 9.59 Å².